The van der Waals surface area contributed by atoms with E-state index in [-0.39, 0.29) is 0 Å². The molecule has 0 atom stereocenters. The molecule has 1 rings (SSSR count). The molecule has 0 unspecified atom stereocenters. The summed E-state index contributed by atoms with van der Waals surface area (Å²) in [5.74, 6) is 0. The second kappa shape index (κ2) is 4.70. The maximum absolute atomic E-state index is 4.09. The average Bonchev–Trinajstić information content (AvgIpc) is 2.21. The fourth-order valence-corrected chi connectivity index (χ4v) is 1.42. The first-order chi connectivity index (χ1) is 6.29. The second-order valence-electron chi connectivity index (χ2n) is 2.99. The van der Waals surface area contributed by atoms with Gasteiger partial charge in [0.25, 0.3) is 0 Å². The lowest BCUT2D eigenvalue weighted by atomic mass is 10.1. The molecule has 0 aliphatic heterocycles. The van der Waals surface area contributed by atoms with Gasteiger partial charge in [0, 0.05) is 18.8 Å². The van der Waals surface area contributed by atoms with Crippen LogP contribution < -0.4 is 0 Å². The zero-order valence-corrected chi connectivity index (χ0v) is 8.46. The average molecular weight is 175 g/mol. The van der Waals surface area contributed by atoms with E-state index >= 15 is 0 Å². The molecule has 70 valence electrons. The van der Waals surface area contributed by atoms with Gasteiger partial charge in [0.05, 0.1) is 0 Å². The van der Waals surface area contributed by atoms with E-state index in [1.54, 1.807) is 0 Å². The third-order valence-corrected chi connectivity index (χ3v) is 2.25. The maximum Gasteiger partial charge on any atom is 0.0366 e. The second-order valence-corrected chi connectivity index (χ2v) is 2.99. The summed E-state index contributed by atoms with van der Waals surface area (Å²) in [5.41, 5.74) is 2.33. The molecule has 0 aliphatic carbocycles. The van der Waals surface area contributed by atoms with Gasteiger partial charge in [0.15, 0.2) is 0 Å². The lowest BCUT2D eigenvalue weighted by Gasteiger charge is -2.23. The van der Waals surface area contributed by atoms with Crippen molar-refractivity contribution in [3.8, 4) is 0 Å². The van der Waals surface area contributed by atoms with E-state index in [0.717, 1.165) is 18.8 Å². The summed E-state index contributed by atoms with van der Waals surface area (Å²) in [4.78, 5) is 2.26. The number of nitrogens with zero attached hydrogens (tertiary/aromatic N) is 1. The monoisotopic (exact) mass is 175 g/mol. The Hall–Kier alpha value is -1.24. The van der Waals surface area contributed by atoms with Crippen LogP contribution in [0.4, 0.5) is 0 Å². The summed E-state index contributed by atoms with van der Waals surface area (Å²) in [7, 11) is 0. The molecular formula is C12H17N. The highest BCUT2D eigenvalue weighted by atomic mass is 15.1. The van der Waals surface area contributed by atoms with Gasteiger partial charge in [-0.3, -0.25) is 0 Å². The molecule has 1 nitrogen and oxygen atoms in total. The van der Waals surface area contributed by atoms with Crippen LogP contribution in [0, 0.1) is 0 Å². The minimum absolute atomic E-state index is 1.02. The van der Waals surface area contributed by atoms with Gasteiger partial charge in [-0.05, 0) is 19.4 Å². The van der Waals surface area contributed by atoms with Crippen LogP contribution in [0.15, 0.2) is 36.9 Å². The Balaban J connectivity index is 2.78. The molecule has 0 amide bonds. The van der Waals surface area contributed by atoms with Gasteiger partial charge >= 0.3 is 0 Å². The smallest absolute Gasteiger partial charge is 0.0366 e. The van der Waals surface area contributed by atoms with Gasteiger partial charge in [-0.2, -0.15) is 0 Å². The first-order valence-electron chi connectivity index (χ1n) is 4.78. The maximum atomic E-state index is 4.09. The highest BCUT2D eigenvalue weighted by molar-refractivity contribution is 5.61. The predicted molar refractivity (Wildman–Crippen MR) is 58.4 cm³/mol. The Kier molecular flexibility index (Phi) is 3.56. The molecule has 0 aliphatic rings. The van der Waals surface area contributed by atoms with E-state index in [0.29, 0.717) is 0 Å². The van der Waals surface area contributed by atoms with Crippen LogP contribution in [0.25, 0.3) is 5.70 Å². The van der Waals surface area contributed by atoms with Crippen molar-refractivity contribution < 1.29 is 0 Å². The molecule has 0 heterocycles. The highest BCUT2D eigenvalue weighted by Crippen LogP contribution is 2.15. The zero-order chi connectivity index (χ0) is 9.68. The lowest BCUT2D eigenvalue weighted by Crippen LogP contribution is -2.20. The van der Waals surface area contributed by atoms with Gasteiger partial charge < -0.3 is 4.90 Å². The first kappa shape index (κ1) is 9.85. The number of hydrogen-bond donors (Lipinski definition) is 0. The number of hydrogen-bond acceptors (Lipinski definition) is 1. The predicted octanol–water partition coefficient (Wildman–Crippen LogP) is 3.00. The van der Waals surface area contributed by atoms with Crippen LogP contribution in [0.2, 0.25) is 0 Å². The van der Waals surface area contributed by atoms with Crippen LogP contribution >= 0.6 is 0 Å². The van der Waals surface area contributed by atoms with Crippen molar-refractivity contribution in [3.05, 3.63) is 42.5 Å². The van der Waals surface area contributed by atoms with Gasteiger partial charge in [0.1, 0.15) is 0 Å². The summed E-state index contributed by atoms with van der Waals surface area (Å²) in [6.45, 7) is 10.4. The summed E-state index contributed by atoms with van der Waals surface area (Å²) in [5, 5.41) is 0. The normalized spacial score (nSPS) is 9.69. The van der Waals surface area contributed by atoms with Gasteiger partial charge in [-0.1, -0.05) is 36.9 Å². The Morgan fingerprint density at radius 3 is 2.15 bits per heavy atom. The van der Waals surface area contributed by atoms with E-state index in [2.05, 4.69) is 37.5 Å². The number of benzene rings is 1. The Morgan fingerprint density at radius 1 is 1.15 bits per heavy atom. The fourth-order valence-electron chi connectivity index (χ4n) is 1.42. The lowest BCUT2D eigenvalue weighted by molar-refractivity contribution is 0.443. The fraction of sp³-hybridized carbons (Fsp3) is 0.333. The van der Waals surface area contributed by atoms with Crippen LogP contribution in [0.3, 0.4) is 0 Å². The van der Waals surface area contributed by atoms with Crippen LogP contribution in [0.5, 0.6) is 0 Å². The Morgan fingerprint density at radius 2 is 1.69 bits per heavy atom. The van der Waals surface area contributed by atoms with Gasteiger partial charge in [-0.15, -0.1) is 0 Å². The molecular weight excluding hydrogens is 158 g/mol. The number of rotatable bonds is 4. The Labute approximate surface area is 80.7 Å². The van der Waals surface area contributed by atoms with Crippen LogP contribution in [-0.4, -0.2) is 18.0 Å². The quantitative estimate of drug-likeness (QED) is 0.680. The standard InChI is InChI=1S/C12H17N/c1-4-13(5-2)11(3)12-9-7-6-8-10-12/h6-10H,3-5H2,1-2H3. The molecule has 0 radical (unpaired) electrons. The van der Waals surface area contributed by atoms with Crippen molar-refractivity contribution >= 4 is 5.70 Å². The molecule has 0 aromatic heterocycles. The van der Waals surface area contributed by atoms with Crippen molar-refractivity contribution in [2.75, 3.05) is 13.1 Å². The van der Waals surface area contributed by atoms with E-state index in [9.17, 15) is 0 Å². The van der Waals surface area contributed by atoms with E-state index in [4.69, 9.17) is 0 Å². The van der Waals surface area contributed by atoms with Crippen molar-refractivity contribution in [3.63, 3.8) is 0 Å². The summed E-state index contributed by atoms with van der Waals surface area (Å²) >= 11 is 0. The molecule has 1 aromatic carbocycles. The van der Waals surface area contributed by atoms with Gasteiger partial charge in [-0.25, -0.2) is 0 Å². The van der Waals surface area contributed by atoms with E-state index in [1.807, 2.05) is 18.2 Å². The SMILES string of the molecule is C=C(c1ccccc1)N(CC)CC. The molecule has 0 saturated carbocycles. The molecule has 1 aromatic rings. The van der Waals surface area contributed by atoms with Crippen molar-refractivity contribution in [2.45, 2.75) is 13.8 Å². The minimum atomic E-state index is 1.02. The molecule has 0 bridgehead atoms. The summed E-state index contributed by atoms with van der Waals surface area (Å²) in [6, 6.07) is 10.3. The first-order valence-corrected chi connectivity index (χ1v) is 4.78. The molecule has 1 heteroatoms. The third-order valence-electron chi connectivity index (χ3n) is 2.25. The summed E-state index contributed by atoms with van der Waals surface area (Å²) in [6.07, 6.45) is 0. The minimum Gasteiger partial charge on any atom is -0.372 e. The topological polar surface area (TPSA) is 3.24 Å². The van der Waals surface area contributed by atoms with Crippen molar-refractivity contribution in [2.24, 2.45) is 0 Å². The molecule has 0 N–H and O–H groups in total. The molecule has 13 heavy (non-hydrogen) atoms. The molecule has 0 fully saturated rings. The van der Waals surface area contributed by atoms with E-state index in [1.165, 1.54) is 5.56 Å². The third kappa shape index (κ3) is 2.35. The van der Waals surface area contributed by atoms with Crippen molar-refractivity contribution in [1.29, 1.82) is 0 Å². The van der Waals surface area contributed by atoms with Crippen molar-refractivity contribution in [1.82, 2.24) is 4.90 Å². The van der Waals surface area contributed by atoms with E-state index < -0.39 is 0 Å². The van der Waals surface area contributed by atoms with Crippen LogP contribution in [0.1, 0.15) is 19.4 Å². The molecule has 0 saturated heterocycles. The van der Waals surface area contributed by atoms with Crippen LogP contribution in [-0.2, 0) is 0 Å². The summed E-state index contributed by atoms with van der Waals surface area (Å²) < 4.78 is 0. The molecule has 0 spiro atoms. The Bertz CT molecular complexity index is 260. The largest absolute Gasteiger partial charge is 0.372 e. The van der Waals surface area contributed by atoms with Gasteiger partial charge in [0.2, 0.25) is 0 Å². The zero-order valence-electron chi connectivity index (χ0n) is 8.46. The highest BCUT2D eigenvalue weighted by Gasteiger charge is 2.03.